The molecule has 0 bridgehead atoms. The molecule has 1 unspecified atom stereocenters. The summed E-state index contributed by atoms with van der Waals surface area (Å²) < 4.78 is 5.33. The Labute approximate surface area is 176 Å². The molecule has 1 atom stereocenters. The maximum absolute atomic E-state index is 13.0. The first kappa shape index (κ1) is 20.4. The zero-order valence-electron chi connectivity index (χ0n) is 17.1. The van der Waals surface area contributed by atoms with Crippen molar-refractivity contribution in [2.24, 2.45) is 5.92 Å². The minimum absolute atomic E-state index is 0.0883. The number of halogens is 1. The molecule has 29 heavy (non-hydrogen) atoms. The topological polar surface area (TPSA) is 57.0 Å². The monoisotopic (exact) mass is 417 g/mol. The van der Waals surface area contributed by atoms with Crippen LogP contribution in [0.25, 0.3) is 11.0 Å². The van der Waals surface area contributed by atoms with E-state index >= 15 is 0 Å². The third-order valence-electron chi connectivity index (χ3n) is 6.55. The zero-order valence-corrected chi connectivity index (χ0v) is 17.8. The number of nitrogens with zero attached hydrogens (tertiary/aromatic N) is 3. The molecule has 2 aliphatic rings. The van der Waals surface area contributed by atoms with Gasteiger partial charge in [0, 0.05) is 55.7 Å². The average molecular weight is 418 g/mol. The van der Waals surface area contributed by atoms with E-state index in [2.05, 4.69) is 23.8 Å². The van der Waals surface area contributed by atoms with Gasteiger partial charge in [0.1, 0.15) is 11.1 Å². The first-order valence-corrected chi connectivity index (χ1v) is 10.8. The second kappa shape index (κ2) is 8.46. The zero-order chi connectivity index (χ0) is 20.5. The molecule has 156 valence electrons. The van der Waals surface area contributed by atoms with Gasteiger partial charge in [0.2, 0.25) is 0 Å². The highest BCUT2D eigenvalue weighted by Crippen LogP contribution is 2.26. The molecule has 7 heteroatoms. The number of amides is 1. The van der Waals surface area contributed by atoms with Gasteiger partial charge in [-0.05, 0) is 57.0 Å². The summed E-state index contributed by atoms with van der Waals surface area (Å²) in [6.45, 7) is 8.11. The number of hydrogen-bond donors (Lipinski definition) is 0. The van der Waals surface area contributed by atoms with Gasteiger partial charge in [0.15, 0.2) is 0 Å². The summed E-state index contributed by atoms with van der Waals surface area (Å²) >= 11 is 6.03. The Kier molecular flexibility index (Phi) is 5.95. The molecule has 2 aliphatic heterocycles. The lowest BCUT2D eigenvalue weighted by atomic mass is 9.89. The highest BCUT2D eigenvalue weighted by atomic mass is 35.5. The largest absolute Gasteiger partial charge is 0.422 e. The molecule has 0 spiro atoms. The van der Waals surface area contributed by atoms with Crippen molar-refractivity contribution in [2.45, 2.75) is 25.8 Å². The van der Waals surface area contributed by atoms with Crippen molar-refractivity contribution >= 4 is 28.5 Å². The lowest BCUT2D eigenvalue weighted by Crippen LogP contribution is -2.52. The molecule has 2 aromatic rings. The number of carbonyl (C=O) groups is 1. The Morgan fingerprint density at radius 3 is 2.48 bits per heavy atom. The number of piperazine rings is 1. The number of likely N-dealkylation sites (N-methyl/N-ethyl adjacent to an activating group) is 1. The molecular weight excluding hydrogens is 390 g/mol. The van der Waals surface area contributed by atoms with Crippen LogP contribution in [0.4, 0.5) is 0 Å². The minimum Gasteiger partial charge on any atom is -0.422 e. The Hall–Kier alpha value is -1.89. The van der Waals surface area contributed by atoms with Gasteiger partial charge >= 0.3 is 5.63 Å². The van der Waals surface area contributed by atoms with Gasteiger partial charge in [-0.3, -0.25) is 9.69 Å². The fourth-order valence-electron chi connectivity index (χ4n) is 4.53. The summed E-state index contributed by atoms with van der Waals surface area (Å²) in [6, 6.07) is 7.16. The first-order chi connectivity index (χ1) is 13.9. The number of benzene rings is 1. The fraction of sp³-hybridized carbons (Fsp3) is 0.545. The number of rotatable bonds is 3. The Balaban J connectivity index is 1.42. The van der Waals surface area contributed by atoms with Crippen LogP contribution < -0.4 is 5.63 Å². The van der Waals surface area contributed by atoms with Crippen molar-refractivity contribution in [1.82, 2.24) is 14.7 Å². The van der Waals surface area contributed by atoms with Gasteiger partial charge in [-0.2, -0.15) is 0 Å². The van der Waals surface area contributed by atoms with Crippen molar-refractivity contribution in [2.75, 3.05) is 46.3 Å². The lowest BCUT2D eigenvalue weighted by molar-refractivity contribution is 0.0498. The molecule has 1 aromatic carbocycles. The van der Waals surface area contributed by atoms with E-state index < -0.39 is 5.63 Å². The molecular formula is C22H28ClN3O3. The van der Waals surface area contributed by atoms with Crippen molar-refractivity contribution in [3.63, 3.8) is 0 Å². The second-order valence-electron chi connectivity index (χ2n) is 8.34. The van der Waals surface area contributed by atoms with Crippen molar-refractivity contribution in [3.05, 3.63) is 45.3 Å². The number of carbonyl (C=O) groups excluding carboxylic acids is 1. The molecule has 3 heterocycles. The summed E-state index contributed by atoms with van der Waals surface area (Å²) in [5.74, 6) is 0.334. The van der Waals surface area contributed by atoms with Crippen molar-refractivity contribution < 1.29 is 9.21 Å². The highest BCUT2D eigenvalue weighted by molar-refractivity contribution is 6.31. The summed E-state index contributed by atoms with van der Waals surface area (Å²) in [7, 11) is 2.17. The predicted octanol–water partition coefficient (Wildman–Crippen LogP) is 2.93. The standard InChI is InChI=1S/C22H28ClN3O3/c1-15(25-11-9-24(2)10-12-25)16-5-7-26(8-6-16)21(27)19-14-17-13-18(23)3-4-20(17)29-22(19)28/h3-4,13-16H,5-12H2,1-2H3. The van der Waals surface area contributed by atoms with Crippen molar-refractivity contribution in [3.8, 4) is 0 Å². The Morgan fingerprint density at radius 2 is 1.79 bits per heavy atom. The Morgan fingerprint density at radius 1 is 1.10 bits per heavy atom. The second-order valence-corrected chi connectivity index (χ2v) is 8.78. The molecule has 2 fully saturated rings. The van der Waals surface area contributed by atoms with E-state index in [1.807, 2.05) is 0 Å². The molecule has 6 nitrogen and oxygen atoms in total. The van der Waals surface area contributed by atoms with Crippen LogP contribution in [0, 0.1) is 5.92 Å². The SMILES string of the molecule is CC(C1CCN(C(=O)c2cc3cc(Cl)ccc3oc2=O)CC1)N1CCN(C)CC1. The van der Waals surface area contributed by atoms with Gasteiger partial charge < -0.3 is 14.2 Å². The third-order valence-corrected chi connectivity index (χ3v) is 6.78. The quantitative estimate of drug-likeness (QED) is 0.719. The van der Waals surface area contributed by atoms with Crippen LogP contribution in [0.1, 0.15) is 30.1 Å². The molecule has 0 N–H and O–H groups in total. The minimum atomic E-state index is -0.585. The summed E-state index contributed by atoms with van der Waals surface area (Å²) in [5, 5.41) is 1.21. The number of likely N-dealkylation sites (tertiary alicyclic amines) is 1. The molecule has 0 radical (unpaired) electrons. The van der Waals surface area contributed by atoms with E-state index in [-0.39, 0.29) is 11.5 Å². The average Bonchev–Trinajstić information content (AvgIpc) is 2.73. The van der Waals surface area contributed by atoms with Crippen LogP contribution in [-0.2, 0) is 0 Å². The highest BCUT2D eigenvalue weighted by Gasteiger charge is 2.31. The first-order valence-electron chi connectivity index (χ1n) is 10.4. The number of fused-ring (bicyclic) bond motifs is 1. The van der Waals surface area contributed by atoms with Crippen LogP contribution >= 0.6 is 11.6 Å². The lowest BCUT2D eigenvalue weighted by Gasteiger charge is -2.42. The molecule has 0 aliphatic carbocycles. The third kappa shape index (κ3) is 4.34. The Bertz CT molecular complexity index is 944. The van der Waals surface area contributed by atoms with Gasteiger partial charge in [-0.25, -0.2) is 4.79 Å². The van der Waals surface area contributed by atoms with Gasteiger partial charge in [0.05, 0.1) is 0 Å². The van der Waals surface area contributed by atoms with E-state index in [1.165, 1.54) is 0 Å². The van der Waals surface area contributed by atoms with E-state index in [0.29, 0.717) is 41.0 Å². The van der Waals surface area contributed by atoms with E-state index in [4.69, 9.17) is 16.0 Å². The molecule has 1 aromatic heterocycles. The number of hydrogen-bond acceptors (Lipinski definition) is 5. The van der Waals surface area contributed by atoms with E-state index in [1.54, 1.807) is 29.2 Å². The fourth-order valence-corrected chi connectivity index (χ4v) is 4.71. The predicted molar refractivity (Wildman–Crippen MR) is 115 cm³/mol. The van der Waals surface area contributed by atoms with E-state index in [9.17, 15) is 9.59 Å². The number of piperidine rings is 1. The summed E-state index contributed by atoms with van der Waals surface area (Å²) in [4.78, 5) is 32.1. The molecule has 4 rings (SSSR count). The smallest absolute Gasteiger partial charge is 0.349 e. The van der Waals surface area contributed by atoms with Gasteiger partial charge in [-0.1, -0.05) is 11.6 Å². The van der Waals surface area contributed by atoms with Crippen molar-refractivity contribution in [1.29, 1.82) is 0 Å². The van der Waals surface area contributed by atoms with Crippen LogP contribution in [0.2, 0.25) is 5.02 Å². The molecule has 1 amide bonds. The van der Waals surface area contributed by atoms with Crippen LogP contribution in [0.5, 0.6) is 0 Å². The normalized spacial score (nSPS) is 20.9. The summed E-state index contributed by atoms with van der Waals surface area (Å²) in [5.41, 5.74) is -0.0567. The maximum atomic E-state index is 13.0. The van der Waals surface area contributed by atoms with Gasteiger partial charge in [0.25, 0.3) is 5.91 Å². The summed E-state index contributed by atoms with van der Waals surface area (Å²) in [6.07, 6.45) is 1.92. The van der Waals surface area contributed by atoms with E-state index in [0.717, 1.165) is 39.0 Å². The molecule has 0 saturated carbocycles. The molecule has 2 saturated heterocycles. The van der Waals surface area contributed by atoms with Crippen LogP contribution in [0.3, 0.4) is 0 Å². The van der Waals surface area contributed by atoms with Crippen LogP contribution in [-0.4, -0.2) is 73.0 Å². The van der Waals surface area contributed by atoms with Gasteiger partial charge in [-0.15, -0.1) is 0 Å². The van der Waals surface area contributed by atoms with Crippen LogP contribution in [0.15, 0.2) is 33.5 Å². The maximum Gasteiger partial charge on any atom is 0.349 e.